The SMILES string of the molecule is CCC(C)(I)C(=O)OCCC(C)(O)C(F)(F)F. The van der Waals surface area contributed by atoms with Crippen molar-refractivity contribution in [1.29, 1.82) is 0 Å². The molecule has 0 saturated carbocycles. The molecule has 0 fully saturated rings. The van der Waals surface area contributed by atoms with Crippen LogP contribution in [0.25, 0.3) is 0 Å². The second-order valence-corrected chi connectivity index (χ2v) is 6.59. The largest absolute Gasteiger partial charge is 0.465 e. The lowest BCUT2D eigenvalue weighted by Gasteiger charge is -2.26. The summed E-state index contributed by atoms with van der Waals surface area (Å²) in [6.07, 6.45) is -4.88. The van der Waals surface area contributed by atoms with Crippen molar-refractivity contribution < 1.29 is 27.8 Å². The Kier molecular flexibility index (Phi) is 5.71. The zero-order valence-corrected chi connectivity index (χ0v) is 12.1. The summed E-state index contributed by atoms with van der Waals surface area (Å²) < 4.78 is 40.8. The molecule has 0 aliphatic rings. The van der Waals surface area contributed by atoms with Crippen LogP contribution in [0, 0.1) is 0 Å². The Balaban J connectivity index is 4.22. The van der Waals surface area contributed by atoms with Crippen LogP contribution in [-0.4, -0.2) is 32.9 Å². The predicted molar refractivity (Wildman–Crippen MR) is 65.0 cm³/mol. The van der Waals surface area contributed by atoms with Gasteiger partial charge < -0.3 is 9.84 Å². The molecule has 0 aromatic heterocycles. The third kappa shape index (κ3) is 4.99. The average molecular weight is 368 g/mol. The summed E-state index contributed by atoms with van der Waals surface area (Å²) in [7, 11) is 0. The molecule has 7 heteroatoms. The molecule has 0 aliphatic heterocycles. The first kappa shape index (κ1) is 16.9. The topological polar surface area (TPSA) is 46.5 Å². The second kappa shape index (κ2) is 5.73. The molecule has 0 bridgehead atoms. The van der Waals surface area contributed by atoms with Gasteiger partial charge in [0.25, 0.3) is 0 Å². The van der Waals surface area contributed by atoms with Crippen LogP contribution in [0.5, 0.6) is 0 Å². The molecule has 0 aliphatic carbocycles. The molecule has 0 aromatic carbocycles. The maximum absolute atomic E-state index is 12.3. The minimum Gasteiger partial charge on any atom is -0.465 e. The van der Waals surface area contributed by atoms with Gasteiger partial charge in [-0.05, 0) is 20.3 Å². The van der Waals surface area contributed by atoms with Crippen molar-refractivity contribution in [3.8, 4) is 0 Å². The number of carbonyl (C=O) groups excluding carboxylic acids is 1. The van der Waals surface area contributed by atoms with E-state index >= 15 is 0 Å². The molecule has 0 rings (SSSR count). The summed E-state index contributed by atoms with van der Waals surface area (Å²) in [5.74, 6) is -0.571. The van der Waals surface area contributed by atoms with Crippen LogP contribution < -0.4 is 0 Å². The maximum Gasteiger partial charge on any atom is 0.417 e. The van der Waals surface area contributed by atoms with Crippen LogP contribution in [0.15, 0.2) is 0 Å². The summed E-state index contributed by atoms with van der Waals surface area (Å²) >= 11 is 1.88. The molecule has 2 atom stereocenters. The van der Waals surface area contributed by atoms with Gasteiger partial charge in [-0.2, -0.15) is 13.2 Å². The lowest BCUT2D eigenvalue weighted by atomic mass is 10.0. The van der Waals surface area contributed by atoms with Gasteiger partial charge in [-0.15, -0.1) is 0 Å². The van der Waals surface area contributed by atoms with Gasteiger partial charge in [-0.1, -0.05) is 29.5 Å². The minimum atomic E-state index is -4.72. The van der Waals surface area contributed by atoms with E-state index in [1.54, 1.807) is 13.8 Å². The molecule has 0 radical (unpaired) electrons. The van der Waals surface area contributed by atoms with Crippen molar-refractivity contribution in [3.63, 3.8) is 0 Å². The van der Waals surface area contributed by atoms with Crippen LogP contribution in [0.4, 0.5) is 13.2 Å². The van der Waals surface area contributed by atoms with Crippen molar-refractivity contribution in [3.05, 3.63) is 0 Å². The van der Waals surface area contributed by atoms with Crippen molar-refractivity contribution in [2.75, 3.05) is 6.61 Å². The molecule has 17 heavy (non-hydrogen) atoms. The number of alkyl halides is 4. The van der Waals surface area contributed by atoms with E-state index in [-0.39, 0.29) is 0 Å². The monoisotopic (exact) mass is 368 g/mol. The van der Waals surface area contributed by atoms with Crippen LogP contribution in [0.1, 0.15) is 33.6 Å². The maximum atomic E-state index is 12.3. The van der Waals surface area contributed by atoms with Crippen molar-refractivity contribution in [2.45, 2.75) is 48.8 Å². The third-order valence-electron chi connectivity index (χ3n) is 2.52. The van der Waals surface area contributed by atoms with E-state index in [1.165, 1.54) is 0 Å². The Morgan fingerprint density at radius 3 is 2.18 bits per heavy atom. The van der Waals surface area contributed by atoms with Crippen LogP contribution in [0.2, 0.25) is 0 Å². The predicted octanol–water partition coefficient (Wildman–Crippen LogP) is 2.84. The molecular formula is C10H16F3IO3. The highest BCUT2D eigenvalue weighted by Crippen LogP contribution is 2.32. The first-order valence-electron chi connectivity index (χ1n) is 5.09. The van der Waals surface area contributed by atoms with Crippen molar-refractivity contribution in [1.82, 2.24) is 0 Å². The molecule has 0 amide bonds. The lowest BCUT2D eigenvalue weighted by Crippen LogP contribution is -2.43. The molecule has 102 valence electrons. The third-order valence-corrected chi connectivity index (χ3v) is 3.73. The highest BCUT2D eigenvalue weighted by molar-refractivity contribution is 14.1. The normalized spacial score (nSPS) is 19.3. The smallest absolute Gasteiger partial charge is 0.417 e. The Hall–Kier alpha value is -0.0500. The van der Waals surface area contributed by atoms with Gasteiger partial charge >= 0.3 is 12.1 Å². The molecule has 0 heterocycles. The van der Waals surface area contributed by atoms with Crippen LogP contribution >= 0.6 is 22.6 Å². The first-order valence-corrected chi connectivity index (χ1v) is 6.17. The summed E-state index contributed by atoms with van der Waals surface area (Å²) in [5.41, 5.74) is -2.83. The molecule has 1 N–H and O–H groups in total. The molecular weight excluding hydrogens is 352 g/mol. The zero-order valence-electron chi connectivity index (χ0n) is 9.90. The van der Waals surface area contributed by atoms with Gasteiger partial charge in [0.1, 0.15) is 3.42 Å². The molecule has 0 spiro atoms. The number of carbonyl (C=O) groups is 1. The Morgan fingerprint density at radius 2 is 1.82 bits per heavy atom. The van der Waals surface area contributed by atoms with E-state index in [1.807, 2.05) is 22.6 Å². The van der Waals surface area contributed by atoms with Gasteiger partial charge in [0.15, 0.2) is 5.60 Å². The molecule has 0 saturated heterocycles. The van der Waals surface area contributed by atoms with Crippen LogP contribution in [-0.2, 0) is 9.53 Å². The zero-order chi connectivity index (χ0) is 13.9. The van der Waals surface area contributed by atoms with Gasteiger partial charge in [-0.3, -0.25) is 4.79 Å². The average Bonchev–Trinajstić information content (AvgIpc) is 2.15. The van der Waals surface area contributed by atoms with Gasteiger partial charge in [-0.25, -0.2) is 0 Å². The number of hydrogen-bond donors (Lipinski definition) is 1. The lowest BCUT2D eigenvalue weighted by molar-refractivity contribution is -0.257. The summed E-state index contributed by atoms with van der Waals surface area (Å²) in [4.78, 5) is 11.4. The summed E-state index contributed by atoms with van der Waals surface area (Å²) in [6.45, 7) is 3.62. The van der Waals surface area contributed by atoms with Crippen LogP contribution in [0.3, 0.4) is 0 Å². The van der Waals surface area contributed by atoms with Gasteiger partial charge in [0.05, 0.1) is 6.61 Å². The van der Waals surface area contributed by atoms with Gasteiger partial charge in [0, 0.05) is 6.42 Å². The van der Waals surface area contributed by atoms with Crippen molar-refractivity contribution in [2.24, 2.45) is 0 Å². The Morgan fingerprint density at radius 1 is 1.35 bits per heavy atom. The van der Waals surface area contributed by atoms with E-state index in [9.17, 15) is 18.0 Å². The number of aliphatic hydroxyl groups is 1. The van der Waals surface area contributed by atoms with E-state index in [0.717, 1.165) is 0 Å². The fourth-order valence-electron chi connectivity index (χ4n) is 0.779. The second-order valence-electron chi connectivity index (χ2n) is 4.21. The highest BCUT2D eigenvalue weighted by atomic mass is 127. The van der Waals surface area contributed by atoms with E-state index in [4.69, 9.17) is 9.84 Å². The van der Waals surface area contributed by atoms with Crippen molar-refractivity contribution >= 4 is 28.6 Å². The summed E-state index contributed by atoms with van der Waals surface area (Å²) in [5, 5.41) is 9.11. The molecule has 0 aromatic rings. The minimum absolute atomic E-state index is 0.454. The number of halogens is 4. The van der Waals surface area contributed by atoms with E-state index in [0.29, 0.717) is 13.3 Å². The quantitative estimate of drug-likeness (QED) is 0.461. The standard InChI is InChI=1S/C10H16F3IO3/c1-4-8(2,14)7(15)17-6-5-9(3,16)10(11,12)13/h16H,4-6H2,1-3H3. The summed E-state index contributed by atoms with van der Waals surface area (Å²) in [6, 6.07) is 0. The van der Waals surface area contributed by atoms with Gasteiger partial charge in [0.2, 0.25) is 0 Å². The molecule has 2 unspecified atom stereocenters. The fraction of sp³-hybridized carbons (Fsp3) is 0.900. The number of ether oxygens (including phenoxy) is 1. The Labute approximate surface area is 112 Å². The number of esters is 1. The van der Waals surface area contributed by atoms with E-state index < -0.39 is 34.2 Å². The Bertz CT molecular complexity index is 274. The number of hydrogen-bond acceptors (Lipinski definition) is 3. The number of rotatable bonds is 5. The molecule has 3 nitrogen and oxygen atoms in total. The fourth-order valence-corrected chi connectivity index (χ4v) is 0.935. The highest BCUT2D eigenvalue weighted by Gasteiger charge is 2.49. The first-order chi connectivity index (χ1) is 7.44. The van der Waals surface area contributed by atoms with E-state index in [2.05, 4.69) is 0 Å².